The maximum Gasteiger partial charge on any atom is 0.0243 e. The van der Waals surface area contributed by atoms with E-state index in [-0.39, 0.29) is 0 Å². The minimum Gasteiger partial charge on any atom is -0.121 e. The monoisotopic (exact) mass is 356 g/mol. The van der Waals surface area contributed by atoms with Crippen molar-refractivity contribution in [3.05, 3.63) is 63.0 Å². The van der Waals surface area contributed by atoms with E-state index in [9.17, 15) is 0 Å². The summed E-state index contributed by atoms with van der Waals surface area (Å²) in [5.41, 5.74) is 1.33. The van der Waals surface area contributed by atoms with Gasteiger partial charge in [-0.05, 0) is 29.8 Å². The second-order valence-corrected chi connectivity index (χ2v) is 6.16. The number of hydrogen-bond donors (Lipinski definition) is 0. The molecular formula is C13H10Br2S. The lowest BCUT2D eigenvalue weighted by atomic mass is 10.2. The van der Waals surface area contributed by atoms with Crippen LogP contribution < -0.4 is 0 Å². The van der Waals surface area contributed by atoms with Crippen molar-refractivity contribution in [2.45, 2.75) is 10.6 Å². The Labute approximate surface area is 117 Å². The van der Waals surface area contributed by atoms with Gasteiger partial charge in [-0.25, -0.2) is 0 Å². The summed E-state index contributed by atoms with van der Waals surface area (Å²) in [6, 6.07) is 16.7. The molecule has 0 heterocycles. The van der Waals surface area contributed by atoms with Crippen molar-refractivity contribution in [1.29, 1.82) is 0 Å². The summed E-state index contributed by atoms with van der Waals surface area (Å²) < 4.78 is 2.31. The van der Waals surface area contributed by atoms with Gasteiger partial charge >= 0.3 is 0 Å². The second-order valence-electron chi connectivity index (χ2n) is 3.34. The fourth-order valence-corrected chi connectivity index (χ4v) is 3.45. The molecule has 0 aromatic heterocycles. The summed E-state index contributed by atoms with van der Waals surface area (Å²) >= 11 is 8.88. The van der Waals surface area contributed by atoms with E-state index in [1.165, 1.54) is 14.9 Å². The molecule has 0 atom stereocenters. The van der Waals surface area contributed by atoms with Gasteiger partial charge in [-0.2, -0.15) is 0 Å². The van der Waals surface area contributed by atoms with E-state index in [4.69, 9.17) is 0 Å². The Morgan fingerprint density at radius 3 is 2.50 bits per heavy atom. The van der Waals surface area contributed by atoms with E-state index in [0.717, 1.165) is 10.2 Å². The van der Waals surface area contributed by atoms with E-state index in [2.05, 4.69) is 68.3 Å². The standard InChI is InChI=1S/C13H10Br2S/c14-11-5-3-6-12(8-11)16-9-10-4-1-2-7-13(10)15/h1-8H,9H2. The minimum absolute atomic E-state index is 0.984. The van der Waals surface area contributed by atoms with Crippen molar-refractivity contribution in [3.8, 4) is 0 Å². The highest BCUT2D eigenvalue weighted by atomic mass is 79.9. The average molecular weight is 358 g/mol. The summed E-state index contributed by atoms with van der Waals surface area (Å²) in [4.78, 5) is 1.28. The lowest BCUT2D eigenvalue weighted by Gasteiger charge is -2.04. The Hall–Kier alpha value is -0.250. The smallest absolute Gasteiger partial charge is 0.0243 e. The van der Waals surface area contributed by atoms with E-state index in [1.54, 1.807) is 0 Å². The van der Waals surface area contributed by atoms with Crippen molar-refractivity contribution < 1.29 is 0 Å². The molecular weight excluding hydrogens is 348 g/mol. The fourth-order valence-electron chi connectivity index (χ4n) is 1.33. The predicted molar refractivity (Wildman–Crippen MR) is 77.8 cm³/mol. The highest BCUT2D eigenvalue weighted by Crippen LogP contribution is 2.28. The zero-order valence-corrected chi connectivity index (χ0v) is 12.5. The lowest BCUT2D eigenvalue weighted by Crippen LogP contribution is -1.82. The fraction of sp³-hybridized carbons (Fsp3) is 0.0769. The Morgan fingerprint density at radius 2 is 1.75 bits per heavy atom. The zero-order valence-electron chi connectivity index (χ0n) is 8.49. The molecule has 0 N–H and O–H groups in total. The van der Waals surface area contributed by atoms with Crippen LogP contribution in [0.5, 0.6) is 0 Å². The molecule has 82 valence electrons. The quantitative estimate of drug-likeness (QED) is 0.653. The Balaban J connectivity index is 2.05. The van der Waals surface area contributed by atoms with Crippen LogP contribution in [0.25, 0.3) is 0 Å². The predicted octanol–water partition coefficient (Wildman–Crippen LogP) is 5.50. The first-order valence-electron chi connectivity index (χ1n) is 4.87. The van der Waals surface area contributed by atoms with Crippen LogP contribution in [0.1, 0.15) is 5.56 Å². The first-order chi connectivity index (χ1) is 7.75. The molecule has 0 amide bonds. The van der Waals surface area contributed by atoms with Crippen LogP contribution in [0.15, 0.2) is 62.4 Å². The molecule has 0 aliphatic carbocycles. The third kappa shape index (κ3) is 3.37. The number of thioether (sulfide) groups is 1. The van der Waals surface area contributed by atoms with Gasteiger partial charge in [0.25, 0.3) is 0 Å². The average Bonchev–Trinajstić information content (AvgIpc) is 2.28. The maximum atomic E-state index is 3.56. The van der Waals surface area contributed by atoms with Gasteiger partial charge in [0.05, 0.1) is 0 Å². The summed E-state index contributed by atoms with van der Waals surface area (Å²) in [7, 11) is 0. The Morgan fingerprint density at radius 1 is 0.938 bits per heavy atom. The van der Waals surface area contributed by atoms with Crippen LogP contribution in [0.4, 0.5) is 0 Å². The van der Waals surface area contributed by atoms with Gasteiger partial charge in [0.15, 0.2) is 0 Å². The van der Waals surface area contributed by atoms with Crippen molar-refractivity contribution in [2.24, 2.45) is 0 Å². The van der Waals surface area contributed by atoms with Crippen molar-refractivity contribution in [3.63, 3.8) is 0 Å². The summed E-state index contributed by atoms with van der Waals surface area (Å²) in [6.45, 7) is 0. The SMILES string of the molecule is Brc1cccc(SCc2ccccc2Br)c1. The van der Waals surface area contributed by atoms with Crippen LogP contribution in [-0.4, -0.2) is 0 Å². The first-order valence-corrected chi connectivity index (χ1v) is 7.44. The Bertz CT molecular complexity index is 483. The van der Waals surface area contributed by atoms with E-state index in [0.29, 0.717) is 0 Å². The summed E-state index contributed by atoms with van der Waals surface area (Å²) in [6.07, 6.45) is 0. The molecule has 0 aliphatic heterocycles. The molecule has 0 spiro atoms. The molecule has 3 heteroatoms. The topological polar surface area (TPSA) is 0 Å². The van der Waals surface area contributed by atoms with Gasteiger partial charge in [0.1, 0.15) is 0 Å². The third-order valence-corrected chi connectivity index (χ3v) is 4.46. The van der Waals surface area contributed by atoms with Gasteiger partial charge in [-0.3, -0.25) is 0 Å². The van der Waals surface area contributed by atoms with E-state index in [1.807, 2.05) is 23.9 Å². The van der Waals surface area contributed by atoms with Gasteiger partial charge in [0, 0.05) is 19.6 Å². The number of halogens is 2. The molecule has 0 radical (unpaired) electrons. The molecule has 0 saturated carbocycles. The molecule has 0 aliphatic rings. The van der Waals surface area contributed by atoms with Crippen molar-refractivity contribution in [2.75, 3.05) is 0 Å². The molecule has 0 nitrogen and oxygen atoms in total. The molecule has 2 rings (SSSR count). The van der Waals surface area contributed by atoms with Crippen LogP contribution in [0.2, 0.25) is 0 Å². The number of hydrogen-bond acceptors (Lipinski definition) is 1. The lowest BCUT2D eigenvalue weighted by molar-refractivity contribution is 1.35. The van der Waals surface area contributed by atoms with Crippen molar-refractivity contribution >= 4 is 43.6 Å². The van der Waals surface area contributed by atoms with Crippen molar-refractivity contribution in [1.82, 2.24) is 0 Å². The second kappa shape index (κ2) is 5.89. The number of benzene rings is 2. The molecule has 16 heavy (non-hydrogen) atoms. The molecule has 0 bridgehead atoms. The summed E-state index contributed by atoms with van der Waals surface area (Å²) in [5, 5.41) is 0. The minimum atomic E-state index is 0.984. The third-order valence-electron chi connectivity index (χ3n) is 2.15. The van der Waals surface area contributed by atoms with Gasteiger partial charge in [-0.15, -0.1) is 11.8 Å². The van der Waals surface area contributed by atoms with Crippen LogP contribution >= 0.6 is 43.6 Å². The molecule has 2 aromatic carbocycles. The maximum absolute atomic E-state index is 3.56. The molecule has 0 fully saturated rings. The molecule has 0 unspecified atom stereocenters. The van der Waals surface area contributed by atoms with E-state index >= 15 is 0 Å². The van der Waals surface area contributed by atoms with E-state index < -0.39 is 0 Å². The molecule has 0 saturated heterocycles. The van der Waals surface area contributed by atoms with Gasteiger partial charge in [0.2, 0.25) is 0 Å². The van der Waals surface area contributed by atoms with Gasteiger partial charge in [-0.1, -0.05) is 56.1 Å². The molecule has 2 aromatic rings. The summed E-state index contributed by atoms with van der Waals surface area (Å²) in [5.74, 6) is 0.984. The van der Waals surface area contributed by atoms with Crippen LogP contribution in [0.3, 0.4) is 0 Å². The largest absolute Gasteiger partial charge is 0.121 e. The highest BCUT2D eigenvalue weighted by molar-refractivity contribution is 9.10. The number of rotatable bonds is 3. The highest BCUT2D eigenvalue weighted by Gasteiger charge is 2.00. The normalized spacial score (nSPS) is 10.4. The van der Waals surface area contributed by atoms with Gasteiger partial charge < -0.3 is 0 Å². The zero-order chi connectivity index (χ0) is 11.4. The van der Waals surface area contributed by atoms with Crippen LogP contribution in [0, 0.1) is 0 Å². The Kier molecular flexibility index (Phi) is 4.50. The first kappa shape index (κ1) is 12.2. The van der Waals surface area contributed by atoms with Crippen LogP contribution in [-0.2, 0) is 5.75 Å².